The molecule has 2 amide bonds. The Hall–Kier alpha value is -4.17. The maximum Gasteiger partial charge on any atom is 0.291 e. The van der Waals surface area contributed by atoms with Crippen LogP contribution in [0.15, 0.2) is 83.3 Å². The molecule has 1 aromatic heterocycles. The summed E-state index contributed by atoms with van der Waals surface area (Å²) in [7, 11) is 0. The van der Waals surface area contributed by atoms with Gasteiger partial charge in [0.25, 0.3) is 11.8 Å². The first-order valence-corrected chi connectivity index (χ1v) is 11.2. The fourth-order valence-electron chi connectivity index (χ4n) is 3.18. The third-order valence-electron chi connectivity index (χ3n) is 4.87. The first-order chi connectivity index (χ1) is 16.5. The van der Waals surface area contributed by atoms with Crippen molar-refractivity contribution >= 4 is 51.5 Å². The van der Waals surface area contributed by atoms with Crippen molar-refractivity contribution < 1.29 is 18.7 Å². The number of hydrogen-bond acceptors (Lipinski definition) is 5. The minimum Gasteiger partial charge on any atom is -0.494 e. The number of thiocarbonyl (C=S) groups is 1. The van der Waals surface area contributed by atoms with E-state index in [1.54, 1.807) is 54.6 Å². The van der Waals surface area contributed by atoms with Gasteiger partial charge in [-0.05, 0) is 79.3 Å². The highest BCUT2D eigenvalue weighted by Crippen LogP contribution is 2.21. The molecule has 34 heavy (non-hydrogen) atoms. The number of benzene rings is 3. The molecule has 0 unspecified atom stereocenters. The summed E-state index contributed by atoms with van der Waals surface area (Å²) in [5.74, 6) is 0.281. The van der Waals surface area contributed by atoms with Gasteiger partial charge in [0.05, 0.1) is 6.61 Å². The molecule has 1 heterocycles. The highest BCUT2D eigenvalue weighted by molar-refractivity contribution is 7.80. The normalized spacial score (nSPS) is 10.5. The fourth-order valence-corrected chi connectivity index (χ4v) is 3.39. The summed E-state index contributed by atoms with van der Waals surface area (Å²) in [5.41, 5.74) is 2.38. The van der Waals surface area contributed by atoms with E-state index in [1.807, 2.05) is 31.2 Å². The molecule has 172 valence electrons. The van der Waals surface area contributed by atoms with E-state index in [-0.39, 0.29) is 22.7 Å². The molecule has 0 fully saturated rings. The number of anilines is 2. The van der Waals surface area contributed by atoms with Crippen LogP contribution < -0.4 is 20.7 Å². The van der Waals surface area contributed by atoms with Gasteiger partial charge in [0, 0.05) is 22.3 Å². The zero-order valence-corrected chi connectivity index (χ0v) is 19.3. The van der Waals surface area contributed by atoms with E-state index in [1.165, 1.54) is 0 Å². The van der Waals surface area contributed by atoms with Gasteiger partial charge in [-0.15, -0.1) is 0 Å². The van der Waals surface area contributed by atoms with Gasteiger partial charge in [0.15, 0.2) is 10.9 Å². The fraction of sp³-hybridized carbons (Fsp3) is 0.115. The van der Waals surface area contributed by atoms with Crippen LogP contribution in [0.3, 0.4) is 0 Å². The minimum atomic E-state index is -0.342. The van der Waals surface area contributed by atoms with Crippen LogP contribution in [-0.2, 0) is 0 Å². The second-order valence-corrected chi connectivity index (χ2v) is 7.87. The van der Waals surface area contributed by atoms with Crippen molar-refractivity contribution in [3.63, 3.8) is 0 Å². The van der Waals surface area contributed by atoms with Gasteiger partial charge in [0.1, 0.15) is 11.3 Å². The summed E-state index contributed by atoms with van der Waals surface area (Å²) in [5, 5.41) is 9.43. The molecule has 0 bridgehead atoms. The lowest BCUT2D eigenvalue weighted by Crippen LogP contribution is -2.34. The average Bonchev–Trinajstić information content (AvgIpc) is 3.29. The number of carbonyl (C=O) groups excluding carboxylic acids is 2. The van der Waals surface area contributed by atoms with E-state index in [2.05, 4.69) is 16.0 Å². The van der Waals surface area contributed by atoms with Crippen LogP contribution in [0.4, 0.5) is 11.4 Å². The molecule has 0 aliphatic heterocycles. The lowest BCUT2D eigenvalue weighted by molar-refractivity contribution is 0.0975. The monoisotopic (exact) mass is 473 g/mol. The molecule has 3 aromatic carbocycles. The Bertz CT molecular complexity index is 1280. The molecule has 0 aliphatic carbocycles. The quantitative estimate of drug-likeness (QED) is 0.303. The van der Waals surface area contributed by atoms with Crippen LogP contribution in [0.25, 0.3) is 11.0 Å². The predicted molar refractivity (Wildman–Crippen MR) is 137 cm³/mol. The van der Waals surface area contributed by atoms with Crippen molar-refractivity contribution in [2.24, 2.45) is 0 Å². The van der Waals surface area contributed by atoms with Gasteiger partial charge < -0.3 is 19.8 Å². The number of fused-ring (bicyclic) bond motifs is 1. The van der Waals surface area contributed by atoms with E-state index in [9.17, 15) is 9.59 Å². The number of para-hydroxylation sites is 1. The average molecular weight is 474 g/mol. The van der Waals surface area contributed by atoms with Crippen LogP contribution in [-0.4, -0.2) is 23.5 Å². The highest BCUT2D eigenvalue weighted by atomic mass is 32.1. The van der Waals surface area contributed by atoms with Crippen LogP contribution in [0.2, 0.25) is 0 Å². The SMILES string of the molecule is CCCOc1ccc(C(=O)NC(=S)Nc2ccc(NC(=O)c3cc4ccccc4o3)cc2)cc1. The van der Waals surface area contributed by atoms with E-state index in [4.69, 9.17) is 21.4 Å². The summed E-state index contributed by atoms with van der Waals surface area (Å²) in [4.78, 5) is 24.9. The first-order valence-electron chi connectivity index (χ1n) is 10.8. The lowest BCUT2D eigenvalue weighted by Gasteiger charge is -2.11. The molecule has 0 saturated heterocycles. The van der Waals surface area contributed by atoms with Crippen LogP contribution >= 0.6 is 12.2 Å². The molecule has 3 N–H and O–H groups in total. The van der Waals surface area contributed by atoms with Crippen LogP contribution in [0, 0.1) is 0 Å². The summed E-state index contributed by atoms with van der Waals surface area (Å²) in [6.07, 6.45) is 0.914. The Balaban J connectivity index is 1.30. The van der Waals surface area contributed by atoms with Crippen molar-refractivity contribution in [1.82, 2.24) is 5.32 Å². The zero-order valence-electron chi connectivity index (χ0n) is 18.5. The Labute approximate surface area is 202 Å². The molecule has 0 atom stereocenters. The molecule has 0 saturated carbocycles. The topological polar surface area (TPSA) is 92.6 Å². The maximum absolute atomic E-state index is 12.5. The highest BCUT2D eigenvalue weighted by Gasteiger charge is 2.13. The standard InChI is InChI=1S/C26H23N3O4S/c1-2-15-32-21-13-7-17(8-14-21)24(30)29-26(34)28-20-11-9-19(10-12-20)27-25(31)23-16-18-5-3-4-6-22(18)33-23/h3-14,16H,2,15H2,1H3,(H,27,31)(H2,28,29,30,34). The number of furan rings is 1. The van der Waals surface area contributed by atoms with E-state index >= 15 is 0 Å². The Morgan fingerprint density at radius 2 is 1.56 bits per heavy atom. The number of hydrogen-bond donors (Lipinski definition) is 3. The molecule has 7 nitrogen and oxygen atoms in total. The third kappa shape index (κ3) is 5.79. The third-order valence-corrected chi connectivity index (χ3v) is 5.07. The summed E-state index contributed by atoms with van der Waals surface area (Å²) in [6.45, 7) is 2.66. The van der Waals surface area contributed by atoms with Gasteiger partial charge >= 0.3 is 0 Å². The van der Waals surface area contributed by atoms with Crippen molar-refractivity contribution in [3.8, 4) is 5.75 Å². The van der Waals surface area contributed by atoms with E-state index < -0.39 is 0 Å². The van der Waals surface area contributed by atoms with Crippen molar-refractivity contribution in [3.05, 3.63) is 90.2 Å². The Kier molecular flexibility index (Phi) is 7.19. The van der Waals surface area contributed by atoms with Gasteiger partial charge in [-0.25, -0.2) is 0 Å². The Morgan fingerprint density at radius 3 is 2.24 bits per heavy atom. The molecule has 4 rings (SSSR count). The second-order valence-electron chi connectivity index (χ2n) is 7.46. The summed E-state index contributed by atoms with van der Waals surface area (Å²) >= 11 is 5.24. The van der Waals surface area contributed by atoms with Gasteiger partial charge in [-0.1, -0.05) is 25.1 Å². The van der Waals surface area contributed by atoms with Crippen molar-refractivity contribution in [1.29, 1.82) is 0 Å². The largest absolute Gasteiger partial charge is 0.494 e. The van der Waals surface area contributed by atoms with E-state index in [0.717, 1.165) is 11.8 Å². The Morgan fingerprint density at radius 1 is 0.882 bits per heavy atom. The lowest BCUT2D eigenvalue weighted by atomic mass is 10.2. The minimum absolute atomic E-state index is 0.162. The van der Waals surface area contributed by atoms with Gasteiger partial charge in [-0.2, -0.15) is 0 Å². The van der Waals surface area contributed by atoms with Crippen molar-refractivity contribution in [2.45, 2.75) is 13.3 Å². The zero-order chi connectivity index (χ0) is 23.9. The van der Waals surface area contributed by atoms with Crippen LogP contribution in [0.5, 0.6) is 5.75 Å². The predicted octanol–water partition coefficient (Wildman–Crippen LogP) is 5.60. The molecular formula is C26H23N3O4S. The van der Waals surface area contributed by atoms with Gasteiger partial charge in [0.2, 0.25) is 0 Å². The smallest absolute Gasteiger partial charge is 0.291 e. The molecule has 0 aliphatic rings. The second kappa shape index (κ2) is 10.6. The van der Waals surface area contributed by atoms with Crippen molar-refractivity contribution in [2.75, 3.05) is 17.2 Å². The summed E-state index contributed by atoms with van der Waals surface area (Å²) in [6, 6.07) is 22.9. The maximum atomic E-state index is 12.5. The number of carbonyl (C=O) groups is 2. The van der Waals surface area contributed by atoms with Gasteiger partial charge in [-0.3, -0.25) is 14.9 Å². The summed E-state index contributed by atoms with van der Waals surface area (Å²) < 4.78 is 11.1. The molecule has 8 heteroatoms. The molecule has 0 spiro atoms. The molecule has 4 aromatic rings. The van der Waals surface area contributed by atoms with E-state index in [0.29, 0.717) is 34.9 Å². The molecular weight excluding hydrogens is 450 g/mol. The number of rotatable bonds is 7. The number of nitrogens with one attached hydrogen (secondary N) is 3. The molecule has 0 radical (unpaired) electrons. The first kappa shape index (κ1) is 23.0. The van der Waals surface area contributed by atoms with Crippen LogP contribution in [0.1, 0.15) is 34.3 Å². The number of ether oxygens (including phenoxy) is 1. The number of amides is 2.